The number of rotatable bonds is 1. The van der Waals surface area contributed by atoms with Crippen LogP contribution in [-0.2, 0) is 0 Å². The number of halogens is 2. The van der Waals surface area contributed by atoms with E-state index in [0.717, 1.165) is 0 Å². The summed E-state index contributed by atoms with van der Waals surface area (Å²) in [5, 5.41) is 4.54. The predicted molar refractivity (Wildman–Crippen MR) is 56.4 cm³/mol. The number of anilines is 1. The lowest BCUT2D eigenvalue weighted by Crippen LogP contribution is -1.86. The van der Waals surface area contributed by atoms with Crippen LogP contribution in [0, 0.1) is 0 Å². The molecule has 0 atom stereocenters. The maximum absolute atomic E-state index is 5.97. The summed E-state index contributed by atoms with van der Waals surface area (Å²) in [6.07, 6.45) is 1.41. The van der Waals surface area contributed by atoms with Crippen molar-refractivity contribution in [1.82, 2.24) is 5.16 Å². The zero-order chi connectivity index (χ0) is 10.1. The van der Waals surface area contributed by atoms with E-state index in [1.165, 1.54) is 6.20 Å². The van der Waals surface area contributed by atoms with E-state index in [1.807, 2.05) is 0 Å². The first-order chi connectivity index (χ1) is 6.70. The highest BCUT2D eigenvalue weighted by Crippen LogP contribution is 2.37. The molecule has 0 bridgehead atoms. The summed E-state index contributed by atoms with van der Waals surface area (Å²) in [7, 11) is 0. The van der Waals surface area contributed by atoms with Gasteiger partial charge in [-0.2, -0.15) is 0 Å². The molecule has 2 rings (SSSR count). The van der Waals surface area contributed by atoms with Gasteiger partial charge in [0.25, 0.3) is 0 Å². The summed E-state index contributed by atoms with van der Waals surface area (Å²) in [5.41, 5.74) is 6.63. The number of hydrogen-bond acceptors (Lipinski definition) is 3. The van der Waals surface area contributed by atoms with E-state index < -0.39 is 0 Å². The van der Waals surface area contributed by atoms with Crippen LogP contribution < -0.4 is 5.73 Å². The lowest BCUT2D eigenvalue weighted by molar-refractivity contribution is 0.432. The molecule has 0 amide bonds. The quantitative estimate of drug-likeness (QED) is 0.816. The minimum atomic E-state index is 0.403. The van der Waals surface area contributed by atoms with Crippen molar-refractivity contribution in [1.29, 1.82) is 0 Å². The van der Waals surface area contributed by atoms with Crippen LogP contribution in [0.2, 0.25) is 10.0 Å². The normalized spacial score (nSPS) is 10.4. The maximum atomic E-state index is 5.97. The summed E-state index contributed by atoms with van der Waals surface area (Å²) in [5.74, 6) is 0.403. The molecule has 0 aliphatic rings. The Balaban J connectivity index is 2.68. The van der Waals surface area contributed by atoms with E-state index in [2.05, 4.69) is 5.16 Å². The van der Waals surface area contributed by atoms with Gasteiger partial charge in [-0.3, -0.25) is 0 Å². The molecule has 0 spiro atoms. The van der Waals surface area contributed by atoms with Crippen LogP contribution in [0.4, 0.5) is 5.69 Å². The average molecular weight is 229 g/mol. The van der Waals surface area contributed by atoms with Crippen LogP contribution >= 0.6 is 23.2 Å². The molecule has 72 valence electrons. The highest BCUT2D eigenvalue weighted by Gasteiger charge is 2.14. The molecule has 0 saturated heterocycles. The van der Waals surface area contributed by atoms with Gasteiger partial charge in [-0.1, -0.05) is 34.4 Å². The van der Waals surface area contributed by atoms with Crippen LogP contribution in [0.3, 0.4) is 0 Å². The van der Waals surface area contributed by atoms with Gasteiger partial charge in [0.1, 0.15) is 5.69 Å². The van der Waals surface area contributed by atoms with Gasteiger partial charge in [0.15, 0.2) is 5.76 Å². The zero-order valence-corrected chi connectivity index (χ0v) is 8.51. The third kappa shape index (κ3) is 1.45. The van der Waals surface area contributed by atoms with Crippen molar-refractivity contribution in [3.8, 4) is 11.3 Å². The first-order valence-electron chi connectivity index (χ1n) is 3.84. The van der Waals surface area contributed by atoms with E-state index >= 15 is 0 Å². The Bertz CT molecular complexity index is 447. The van der Waals surface area contributed by atoms with Gasteiger partial charge in [0, 0.05) is 0 Å². The molecule has 0 unspecified atom stereocenters. The minimum Gasteiger partial charge on any atom is -0.394 e. The summed E-state index contributed by atoms with van der Waals surface area (Å²) in [6, 6.07) is 5.18. The van der Waals surface area contributed by atoms with Gasteiger partial charge >= 0.3 is 0 Å². The molecule has 0 aliphatic carbocycles. The Hall–Kier alpha value is -1.19. The fourth-order valence-electron chi connectivity index (χ4n) is 1.15. The first kappa shape index (κ1) is 9.37. The SMILES string of the molecule is Nc1cnoc1-c1c(Cl)cccc1Cl. The fraction of sp³-hybridized carbons (Fsp3) is 0. The van der Waals surface area contributed by atoms with Crippen molar-refractivity contribution in [2.75, 3.05) is 5.73 Å². The number of benzene rings is 1. The van der Waals surface area contributed by atoms with E-state index in [4.69, 9.17) is 33.5 Å². The molecule has 14 heavy (non-hydrogen) atoms. The number of nitrogens with two attached hydrogens (primary N) is 1. The van der Waals surface area contributed by atoms with Crippen LogP contribution in [0.25, 0.3) is 11.3 Å². The van der Waals surface area contributed by atoms with E-state index in [1.54, 1.807) is 18.2 Å². The standard InChI is InChI=1S/C9H6Cl2N2O/c10-5-2-1-3-6(11)8(5)9-7(12)4-13-14-9/h1-4H,12H2. The van der Waals surface area contributed by atoms with Crippen molar-refractivity contribution >= 4 is 28.9 Å². The van der Waals surface area contributed by atoms with Crippen molar-refractivity contribution in [2.24, 2.45) is 0 Å². The Labute approximate surface area is 90.4 Å². The number of aromatic nitrogens is 1. The summed E-state index contributed by atoms with van der Waals surface area (Å²) in [4.78, 5) is 0. The summed E-state index contributed by atoms with van der Waals surface area (Å²) >= 11 is 11.9. The Morgan fingerprint density at radius 2 is 1.86 bits per heavy atom. The lowest BCUT2D eigenvalue weighted by Gasteiger charge is -2.02. The molecule has 3 nitrogen and oxygen atoms in total. The monoisotopic (exact) mass is 228 g/mol. The van der Waals surface area contributed by atoms with Crippen molar-refractivity contribution in [3.63, 3.8) is 0 Å². The van der Waals surface area contributed by atoms with Gasteiger partial charge < -0.3 is 10.3 Å². The third-order valence-corrected chi connectivity index (χ3v) is 2.42. The van der Waals surface area contributed by atoms with Gasteiger partial charge in [0.2, 0.25) is 0 Å². The van der Waals surface area contributed by atoms with Crippen molar-refractivity contribution in [3.05, 3.63) is 34.4 Å². The molecule has 2 N–H and O–H groups in total. The van der Waals surface area contributed by atoms with Crippen LogP contribution in [0.1, 0.15) is 0 Å². The highest BCUT2D eigenvalue weighted by atomic mass is 35.5. The van der Waals surface area contributed by atoms with Crippen molar-refractivity contribution < 1.29 is 4.52 Å². The molecule has 0 fully saturated rings. The molecule has 0 aliphatic heterocycles. The minimum absolute atomic E-state index is 0.403. The van der Waals surface area contributed by atoms with E-state index in [9.17, 15) is 0 Å². The topological polar surface area (TPSA) is 52.0 Å². The van der Waals surface area contributed by atoms with E-state index in [0.29, 0.717) is 27.1 Å². The molecule has 0 radical (unpaired) electrons. The maximum Gasteiger partial charge on any atom is 0.192 e. The van der Waals surface area contributed by atoms with Crippen LogP contribution in [-0.4, -0.2) is 5.16 Å². The molecule has 2 aromatic rings. The molecule has 1 aromatic heterocycles. The molecular formula is C9H6Cl2N2O. The van der Waals surface area contributed by atoms with E-state index in [-0.39, 0.29) is 0 Å². The summed E-state index contributed by atoms with van der Waals surface area (Å²) in [6.45, 7) is 0. The second-order valence-electron chi connectivity index (χ2n) is 2.71. The van der Waals surface area contributed by atoms with Crippen molar-refractivity contribution in [2.45, 2.75) is 0 Å². The predicted octanol–water partition coefficient (Wildman–Crippen LogP) is 3.23. The van der Waals surface area contributed by atoms with Crippen LogP contribution in [0.5, 0.6) is 0 Å². The number of nitrogen functional groups attached to an aromatic ring is 1. The zero-order valence-electron chi connectivity index (χ0n) is 7.00. The van der Waals surface area contributed by atoms with Gasteiger partial charge in [-0.25, -0.2) is 0 Å². The Morgan fingerprint density at radius 3 is 2.36 bits per heavy atom. The molecule has 1 heterocycles. The molecular weight excluding hydrogens is 223 g/mol. The summed E-state index contributed by atoms with van der Waals surface area (Å²) < 4.78 is 4.97. The van der Waals surface area contributed by atoms with Gasteiger partial charge in [-0.05, 0) is 12.1 Å². The number of nitrogens with zero attached hydrogens (tertiary/aromatic N) is 1. The second-order valence-corrected chi connectivity index (χ2v) is 3.52. The van der Waals surface area contributed by atoms with Gasteiger partial charge in [-0.15, -0.1) is 0 Å². The highest BCUT2D eigenvalue weighted by molar-refractivity contribution is 6.39. The molecule has 5 heteroatoms. The Morgan fingerprint density at radius 1 is 1.21 bits per heavy atom. The smallest absolute Gasteiger partial charge is 0.192 e. The average Bonchev–Trinajstić information content (AvgIpc) is 2.52. The second kappa shape index (κ2) is 3.52. The molecule has 0 saturated carbocycles. The van der Waals surface area contributed by atoms with Crippen LogP contribution in [0.15, 0.2) is 28.9 Å². The Kier molecular flexibility index (Phi) is 2.35. The first-order valence-corrected chi connectivity index (χ1v) is 4.60. The van der Waals surface area contributed by atoms with Gasteiger partial charge in [0.05, 0.1) is 21.8 Å². The number of hydrogen-bond donors (Lipinski definition) is 1. The molecule has 1 aromatic carbocycles. The lowest BCUT2D eigenvalue weighted by atomic mass is 10.1. The third-order valence-electron chi connectivity index (χ3n) is 1.79. The largest absolute Gasteiger partial charge is 0.394 e. The fourth-order valence-corrected chi connectivity index (χ4v) is 1.72.